The summed E-state index contributed by atoms with van der Waals surface area (Å²) in [6.45, 7) is 0.134. The molecule has 0 bridgehead atoms. The second kappa shape index (κ2) is 11.5. The molecule has 0 N–H and O–H groups in total. The minimum absolute atomic E-state index is 0.0514. The lowest BCUT2D eigenvalue weighted by atomic mass is 10.0. The standard InChI is InChI=1S/C29H26F6N2O2/c30-28(31,32)24-13-22(14-25(16-24)29(33,34)35)18-37-19-23(15-26(37)38)27(39)36(17-21-9-5-2-6-10-21)12-11-20-7-3-1-4-8-20/h1-10,13-14,16,23H,11-12,15,17-19H2/t23-/m1/s1. The molecule has 0 aromatic heterocycles. The van der Waals surface area contributed by atoms with Crippen LogP contribution in [-0.4, -0.2) is 34.7 Å². The van der Waals surface area contributed by atoms with Crippen LogP contribution in [0.15, 0.2) is 78.9 Å². The highest BCUT2D eigenvalue weighted by molar-refractivity contribution is 5.89. The number of amides is 2. The minimum Gasteiger partial charge on any atom is -0.338 e. The molecule has 206 valence electrons. The Balaban J connectivity index is 1.51. The van der Waals surface area contributed by atoms with Gasteiger partial charge in [-0.1, -0.05) is 60.7 Å². The Morgan fingerprint density at radius 2 is 1.33 bits per heavy atom. The molecule has 4 nitrogen and oxygen atoms in total. The first-order chi connectivity index (χ1) is 18.4. The molecule has 1 fully saturated rings. The van der Waals surface area contributed by atoms with Gasteiger partial charge < -0.3 is 9.80 Å². The smallest absolute Gasteiger partial charge is 0.338 e. The van der Waals surface area contributed by atoms with E-state index in [1.54, 1.807) is 4.90 Å². The number of alkyl halides is 6. The van der Waals surface area contributed by atoms with Gasteiger partial charge in [-0.15, -0.1) is 0 Å². The van der Waals surface area contributed by atoms with Crippen LogP contribution < -0.4 is 0 Å². The summed E-state index contributed by atoms with van der Waals surface area (Å²) >= 11 is 0. The van der Waals surface area contributed by atoms with Crippen molar-refractivity contribution in [2.75, 3.05) is 13.1 Å². The summed E-state index contributed by atoms with van der Waals surface area (Å²) in [5.74, 6) is -1.54. The molecule has 0 aliphatic carbocycles. The van der Waals surface area contributed by atoms with Gasteiger partial charge in [0, 0.05) is 32.6 Å². The third-order valence-electron chi connectivity index (χ3n) is 6.63. The molecular formula is C29H26F6N2O2. The Kier molecular flexibility index (Phi) is 8.32. The molecule has 2 amide bonds. The number of halogens is 6. The molecule has 4 rings (SSSR count). The van der Waals surface area contributed by atoms with Gasteiger partial charge in [0.25, 0.3) is 0 Å². The fraction of sp³-hybridized carbons (Fsp3) is 0.310. The summed E-state index contributed by atoms with van der Waals surface area (Å²) in [5.41, 5.74) is -1.27. The van der Waals surface area contributed by atoms with E-state index in [0.717, 1.165) is 16.0 Å². The number of hydrogen-bond acceptors (Lipinski definition) is 2. The van der Waals surface area contributed by atoms with E-state index in [0.29, 0.717) is 31.6 Å². The van der Waals surface area contributed by atoms with Crippen LogP contribution in [0.25, 0.3) is 0 Å². The van der Waals surface area contributed by atoms with Crippen LogP contribution in [0, 0.1) is 5.92 Å². The van der Waals surface area contributed by atoms with E-state index >= 15 is 0 Å². The zero-order valence-electron chi connectivity index (χ0n) is 20.8. The SMILES string of the molecule is O=C1C[C@@H](C(=O)N(CCc2ccccc2)Cc2ccccc2)CN1Cc1cc(C(F)(F)F)cc(C(F)(F)F)c1. The molecule has 1 aliphatic rings. The maximum atomic E-state index is 13.5. The number of rotatable bonds is 8. The van der Waals surface area contributed by atoms with Gasteiger partial charge in [0.2, 0.25) is 11.8 Å². The Morgan fingerprint density at radius 1 is 0.795 bits per heavy atom. The van der Waals surface area contributed by atoms with Gasteiger partial charge in [0.1, 0.15) is 0 Å². The van der Waals surface area contributed by atoms with Gasteiger partial charge in [-0.25, -0.2) is 0 Å². The fourth-order valence-electron chi connectivity index (χ4n) is 4.66. The Bertz CT molecular complexity index is 1260. The van der Waals surface area contributed by atoms with Crippen molar-refractivity contribution in [2.24, 2.45) is 5.92 Å². The van der Waals surface area contributed by atoms with Crippen molar-refractivity contribution in [2.45, 2.75) is 38.3 Å². The van der Waals surface area contributed by atoms with Crippen LogP contribution in [-0.2, 0) is 41.5 Å². The lowest BCUT2D eigenvalue weighted by molar-refractivity contribution is -0.143. The molecule has 1 atom stereocenters. The highest BCUT2D eigenvalue weighted by Gasteiger charge is 2.39. The molecule has 0 saturated carbocycles. The molecule has 0 radical (unpaired) electrons. The zero-order chi connectivity index (χ0) is 28.2. The Labute approximate surface area is 221 Å². The molecule has 3 aromatic rings. The largest absolute Gasteiger partial charge is 0.416 e. The van der Waals surface area contributed by atoms with Gasteiger partial charge in [0.15, 0.2) is 0 Å². The number of carbonyl (C=O) groups is 2. The summed E-state index contributed by atoms with van der Waals surface area (Å²) in [7, 11) is 0. The topological polar surface area (TPSA) is 40.6 Å². The summed E-state index contributed by atoms with van der Waals surface area (Å²) in [6.07, 6.45) is -9.56. The molecule has 39 heavy (non-hydrogen) atoms. The van der Waals surface area contributed by atoms with Crippen molar-refractivity contribution in [3.05, 3.63) is 107 Å². The van der Waals surface area contributed by atoms with Crippen LogP contribution in [0.2, 0.25) is 0 Å². The van der Waals surface area contributed by atoms with E-state index in [2.05, 4.69) is 0 Å². The van der Waals surface area contributed by atoms with E-state index in [9.17, 15) is 35.9 Å². The summed E-state index contributed by atoms with van der Waals surface area (Å²) in [5, 5.41) is 0. The Morgan fingerprint density at radius 3 is 1.87 bits per heavy atom. The van der Waals surface area contributed by atoms with Gasteiger partial charge in [-0.3, -0.25) is 9.59 Å². The van der Waals surface area contributed by atoms with Crippen molar-refractivity contribution < 1.29 is 35.9 Å². The molecule has 3 aromatic carbocycles. The van der Waals surface area contributed by atoms with Crippen molar-refractivity contribution in [3.8, 4) is 0 Å². The van der Waals surface area contributed by atoms with E-state index in [-0.39, 0.29) is 30.5 Å². The maximum Gasteiger partial charge on any atom is 0.416 e. The highest BCUT2D eigenvalue weighted by Crippen LogP contribution is 2.37. The molecule has 0 spiro atoms. The summed E-state index contributed by atoms with van der Waals surface area (Å²) in [4.78, 5) is 29.1. The van der Waals surface area contributed by atoms with Crippen LogP contribution in [0.4, 0.5) is 26.3 Å². The second-order valence-corrected chi connectivity index (χ2v) is 9.57. The number of carbonyl (C=O) groups excluding carboxylic acids is 2. The van der Waals surface area contributed by atoms with Crippen molar-refractivity contribution in [3.63, 3.8) is 0 Å². The summed E-state index contributed by atoms with van der Waals surface area (Å²) < 4.78 is 79.6. The molecule has 1 aliphatic heterocycles. The predicted molar refractivity (Wildman–Crippen MR) is 132 cm³/mol. The van der Waals surface area contributed by atoms with Crippen molar-refractivity contribution in [1.29, 1.82) is 0 Å². The molecular weight excluding hydrogens is 522 g/mol. The van der Waals surface area contributed by atoms with Crippen LogP contribution in [0.5, 0.6) is 0 Å². The van der Waals surface area contributed by atoms with Crippen molar-refractivity contribution in [1.82, 2.24) is 9.80 Å². The quantitative estimate of drug-likeness (QED) is 0.308. The van der Waals surface area contributed by atoms with Gasteiger partial charge in [-0.05, 0) is 41.3 Å². The van der Waals surface area contributed by atoms with Crippen LogP contribution in [0.3, 0.4) is 0 Å². The third kappa shape index (κ3) is 7.40. The first-order valence-electron chi connectivity index (χ1n) is 12.3. The first-order valence-corrected chi connectivity index (χ1v) is 12.3. The molecule has 0 unspecified atom stereocenters. The lowest BCUT2D eigenvalue weighted by Crippen LogP contribution is -2.38. The minimum atomic E-state index is -4.99. The van der Waals surface area contributed by atoms with Gasteiger partial charge in [0.05, 0.1) is 17.0 Å². The average molecular weight is 549 g/mol. The molecule has 1 heterocycles. The Hall–Kier alpha value is -3.82. The van der Waals surface area contributed by atoms with E-state index in [4.69, 9.17) is 0 Å². The fourth-order valence-corrected chi connectivity index (χ4v) is 4.66. The lowest BCUT2D eigenvalue weighted by Gasteiger charge is -2.26. The van der Waals surface area contributed by atoms with E-state index in [1.165, 1.54) is 0 Å². The molecule has 1 saturated heterocycles. The van der Waals surface area contributed by atoms with E-state index in [1.807, 2.05) is 60.7 Å². The van der Waals surface area contributed by atoms with E-state index < -0.39 is 41.8 Å². The number of benzene rings is 3. The average Bonchev–Trinajstić information content (AvgIpc) is 3.26. The predicted octanol–water partition coefficient (Wildman–Crippen LogP) is 6.34. The van der Waals surface area contributed by atoms with Gasteiger partial charge in [-0.2, -0.15) is 26.3 Å². The summed E-state index contributed by atoms with van der Waals surface area (Å²) in [6, 6.07) is 20.1. The normalized spacial score (nSPS) is 16.0. The first kappa shape index (κ1) is 28.2. The highest BCUT2D eigenvalue weighted by atomic mass is 19.4. The van der Waals surface area contributed by atoms with Crippen LogP contribution >= 0.6 is 0 Å². The monoisotopic (exact) mass is 548 g/mol. The number of hydrogen-bond donors (Lipinski definition) is 0. The van der Waals surface area contributed by atoms with Crippen molar-refractivity contribution >= 4 is 11.8 Å². The number of nitrogens with zero attached hydrogens (tertiary/aromatic N) is 2. The zero-order valence-corrected chi connectivity index (χ0v) is 20.8. The second-order valence-electron chi connectivity index (χ2n) is 9.57. The maximum absolute atomic E-state index is 13.5. The van der Waals surface area contributed by atoms with Gasteiger partial charge >= 0.3 is 12.4 Å². The third-order valence-corrected chi connectivity index (χ3v) is 6.63. The number of likely N-dealkylation sites (tertiary alicyclic amines) is 1. The molecule has 10 heteroatoms. The van der Waals surface area contributed by atoms with Crippen LogP contribution in [0.1, 0.15) is 34.2 Å².